The van der Waals surface area contributed by atoms with E-state index >= 15 is 0 Å². The van der Waals surface area contributed by atoms with Crippen molar-refractivity contribution in [3.8, 4) is 0 Å². The van der Waals surface area contributed by atoms with Crippen LogP contribution in [0.4, 0.5) is 0 Å². The summed E-state index contributed by atoms with van der Waals surface area (Å²) >= 11 is 0. The average molecular weight is 220 g/mol. The maximum atomic E-state index is 11.3. The molecule has 4 heteroatoms. The van der Waals surface area contributed by atoms with E-state index in [9.17, 15) is 13.5 Å². The largest absolute Gasteiger partial charge is 0.396 e. The highest BCUT2D eigenvalue weighted by Gasteiger charge is 2.32. The van der Waals surface area contributed by atoms with Gasteiger partial charge in [0.05, 0.1) is 11.5 Å². The number of hydrogen-bond donors (Lipinski definition) is 1. The lowest BCUT2D eigenvalue weighted by Crippen LogP contribution is -2.19. The summed E-state index contributed by atoms with van der Waals surface area (Å²) in [5, 5.41) is 9.19. The quantitative estimate of drug-likeness (QED) is 0.758. The van der Waals surface area contributed by atoms with E-state index in [0.717, 1.165) is 25.7 Å². The van der Waals surface area contributed by atoms with Gasteiger partial charge in [0, 0.05) is 6.61 Å². The Morgan fingerprint density at radius 1 is 1.50 bits per heavy atom. The van der Waals surface area contributed by atoms with Crippen LogP contribution in [0.5, 0.6) is 0 Å². The molecule has 0 spiro atoms. The fourth-order valence-electron chi connectivity index (χ4n) is 2.14. The minimum atomic E-state index is -2.79. The summed E-state index contributed by atoms with van der Waals surface area (Å²) in [5.41, 5.74) is 0. The van der Waals surface area contributed by atoms with Crippen LogP contribution in [0.3, 0.4) is 0 Å². The summed E-state index contributed by atoms with van der Waals surface area (Å²) in [6, 6.07) is 0. The van der Waals surface area contributed by atoms with Crippen LogP contribution >= 0.6 is 0 Å². The molecular formula is C10H20O3S. The van der Waals surface area contributed by atoms with Gasteiger partial charge in [-0.1, -0.05) is 19.8 Å². The van der Waals surface area contributed by atoms with Crippen molar-refractivity contribution in [1.29, 1.82) is 0 Å². The molecule has 0 amide bonds. The van der Waals surface area contributed by atoms with E-state index in [0.29, 0.717) is 11.5 Å². The number of hydrogen-bond acceptors (Lipinski definition) is 3. The normalized spacial score (nSPS) is 27.7. The van der Waals surface area contributed by atoms with E-state index in [1.807, 2.05) is 0 Å². The van der Waals surface area contributed by atoms with Gasteiger partial charge >= 0.3 is 0 Å². The molecule has 1 N–H and O–H groups in total. The maximum Gasteiger partial charge on any atom is 0.150 e. The number of unbranched alkanes of at least 4 members (excludes halogenated alkanes) is 1. The Hall–Kier alpha value is -0.0900. The molecule has 2 atom stereocenters. The monoisotopic (exact) mass is 220 g/mol. The second-order valence-corrected chi connectivity index (χ2v) is 6.48. The summed E-state index contributed by atoms with van der Waals surface area (Å²) in [6.07, 6.45) is 3.90. The summed E-state index contributed by atoms with van der Waals surface area (Å²) in [6.45, 7) is 2.25. The minimum Gasteiger partial charge on any atom is -0.396 e. The third-order valence-corrected chi connectivity index (χ3v) is 4.89. The molecule has 0 saturated carbocycles. The first kappa shape index (κ1) is 12.0. The molecule has 0 aromatic heterocycles. The molecule has 1 rings (SSSR count). The lowest BCUT2D eigenvalue weighted by atomic mass is 9.88. The first-order valence-electron chi connectivity index (χ1n) is 5.40. The second-order valence-electron chi connectivity index (χ2n) is 4.25. The van der Waals surface area contributed by atoms with Crippen LogP contribution in [-0.2, 0) is 9.84 Å². The van der Waals surface area contributed by atoms with Crippen LogP contribution in [0.15, 0.2) is 0 Å². The molecule has 1 heterocycles. The van der Waals surface area contributed by atoms with E-state index in [1.165, 1.54) is 0 Å². The minimum absolute atomic E-state index is 0.139. The molecule has 1 saturated heterocycles. The SMILES string of the molecule is CCCCC(CO)C1CCS(=O)(=O)C1. The molecule has 14 heavy (non-hydrogen) atoms. The molecule has 0 bridgehead atoms. The van der Waals surface area contributed by atoms with E-state index < -0.39 is 9.84 Å². The predicted octanol–water partition coefficient (Wildman–Crippen LogP) is 1.22. The first-order valence-corrected chi connectivity index (χ1v) is 7.22. The van der Waals surface area contributed by atoms with E-state index in [1.54, 1.807) is 0 Å². The molecule has 2 unspecified atom stereocenters. The molecule has 1 aliphatic rings. The Balaban J connectivity index is 2.46. The van der Waals surface area contributed by atoms with Crippen LogP contribution in [0, 0.1) is 11.8 Å². The third-order valence-electron chi connectivity index (χ3n) is 3.10. The smallest absolute Gasteiger partial charge is 0.150 e. The third kappa shape index (κ3) is 3.24. The number of aliphatic hydroxyl groups is 1. The molecular weight excluding hydrogens is 200 g/mol. The van der Waals surface area contributed by atoms with Gasteiger partial charge in [-0.25, -0.2) is 8.42 Å². The zero-order chi connectivity index (χ0) is 10.6. The van der Waals surface area contributed by atoms with Gasteiger partial charge < -0.3 is 5.11 Å². The lowest BCUT2D eigenvalue weighted by molar-refractivity contribution is 0.173. The maximum absolute atomic E-state index is 11.3. The topological polar surface area (TPSA) is 54.4 Å². The Labute approximate surface area is 86.4 Å². The Morgan fingerprint density at radius 2 is 2.21 bits per heavy atom. The van der Waals surface area contributed by atoms with Crippen LogP contribution in [0.25, 0.3) is 0 Å². The Kier molecular flexibility index (Phi) is 4.38. The van der Waals surface area contributed by atoms with E-state index in [2.05, 4.69) is 6.92 Å². The van der Waals surface area contributed by atoms with Gasteiger partial charge in [-0.2, -0.15) is 0 Å². The van der Waals surface area contributed by atoms with E-state index in [-0.39, 0.29) is 18.4 Å². The molecule has 3 nitrogen and oxygen atoms in total. The van der Waals surface area contributed by atoms with Crippen LogP contribution in [-0.4, -0.2) is 31.6 Å². The van der Waals surface area contributed by atoms with Gasteiger partial charge in [-0.15, -0.1) is 0 Å². The molecule has 1 aliphatic heterocycles. The van der Waals surface area contributed by atoms with Gasteiger partial charge in [-0.05, 0) is 24.7 Å². The summed E-state index contributed by atoms with van der Waals surface area (Å²) < 4.78 is 22.5. The van der Waals surface area contributed by atoms with E-state index in [4.69, 9.17) is 0 Å². The highest BCUT2D eigenvalue weighted by Crippen LogP contribution is 2.28. The van der Waals surface area contributed by atoms with Crippen molar-refractivity contribution in [2.24, 2.45) is 11.8 Å². The van der Waals surface area contributed by atoms with Crippen LogP contribution < -0.4 is 0 Å². The summed E-state index contributed by atoms with van der Waals surface area (Å²) in [5.74, 6) is 1.02. The van der Waals surface area contributed by atoms with Gasteiger partial charge in [0.25, 0.3) is 0 Å². The zero-order valence-electron chi connectivity index (χ0n) is 8.78. The van der Waals surface area contributed by atoms with Crippen molar-refractivity contribution in [2.75, 3.05) is 18.1 Å². The molecule has 0 radical (unpaired) electrons. The fourth-order valence-corrected chi connectivity index (χ4v) is 4.06. The predicted molar refractivity (Wildman–Crippen MR) is 56.9 cm³/mol. The molecule has 84 valence electrons. The molecule has 0 aromatic rings. The number of aliphatic hydroxyl groups excluding tert-OH is 1. The second kappa shape index (κ2) is 5.12. The Morgan fingerprint density at radius 3 is 2.64 bits per heavy atom. The van der Waals surface area contributed by atoms with Gasteiger partial charge in [0.15, 0.2) is 9.84 Å². The van der Waals surface area contributed by atoms with Gasteiger partial charge in [0.1, 0.15) is 0 Å². The van der Waals surface area contributed by atoms with Crippen molar-refractivity contribution in [3.63, 3.8) is 0 Å². The van der Waals surface area contributed by atoms with Gasteiger partial charge in [0.2, 0.25) is 0 Å². The van der Waals surface area contributed by atoms with Crippen molar-refractivity contribution in [2.45, 2.75) is 32.6 Å². The average Bonchev–Trinajstić information content (AvgIpc) is 2.48. The van der Waals surface area contributed by atoms with Crippen molar-refractivity contribution in [1.82, 2.24) is 0 Å². The van der Waals surface area contributed by atoms with Crippen molar-refractivity contribution in [3.05, 3.63) is 0 Å². The van der Waals surface area contributed by atoms with Crippen LogP contribution in [0.2, 0.25) is 0 Å². The lowest BCUT2D eigenvalue weighted by Gasteiger charge is -2.19. The summed E-state index contributed by atoms with van der Waals surface area (Å²) in [7, 11) is -2.79. The zero-order valence-corrected chi connectivity index (χ0v) is 9.59. The highest BCUT2D eigenvalue weighted by atomic mass is 32.2. The molecule has 0 aliphatic carbocycles. The van der Waals surface area contributed by atoms with Crippen molar-refractivity contribution >= 4 is 9.84 Å². The van der Waals surface area contributed by atoms with Crippen molar-refractivity contribution < 1.29 is 13.5 Å². The first-order chi connectivity index (χ1) is 6.59. The Bertz CT molecular complexity index is 259. The number of sulfone groups is 1. The molecule has 1 fully saturated rings. The highest BCUT2D eigenvalue weighted by molar-refractivity contribution is 7.91. The molecule has 0 aromatic carbocycles. The standard InChI is InChI=1S/C10H20O3S/c1-2-3-4-9(7-11)10-5-6-14(12,13)8-10/h9-11H,2-8H2,1H3. The summed E-state index contributed by atoms with van der Waals surface area (Å²) in [4.78, 5) is 0. The van der Waals surface area contributed by atoms with Gasteiger partial charge in [-0.3, -0.25) is 0 Å². The van der Waals surface area contributed by atoms with Crippen LogP contribution in [0.1, 0.15) is 32.6 Å². The fraction of sp³-hybridized carbons (Fsp3) is 1.00. The number of rotatable bonds is 5.